The number of halogens is 2. The second-order valence-electron chi connectivity index (χ2n) is 8.12. The molecule has 0 atom stereocenters. The summed E-state index contributed by atoms with van der Waals surface area (Å²) in [4.78, 5) is 14.6. The number of piperazine rings is 1. The van der Waals surface area contributed by atoms with Crippen LogP contribution in [0.1, 0.15) is 0 Å². The van der Waals surface area contributed by atoms with E-state index >= 15 is 0 Å². The highest BCUT2D eigenvalue weighted by atomic mass is 32.2. The summed E-state index contributed by atoms with van der Waals surface area (Å²) in [6, 6.07) is 7.62. The molecule has 1 fully saturated rings. The summed E-state index contributed by atoms with van der Waals surface area (Å²) in [7, 11) is -3.06. The number of pyridine rings is 3. The van der Waals surface area contributed by atoms with Crippen molar-refractivity contribution in [1.82, 2.24) is 20.3 Å². The molecule has 2 N–H and O–H groups in total. The third kappa shape index (κ3) is 4.64. The minimum Gasteiger partial charge on any atom is -0.480 e. The number of methoxy groups -OCH3 is 1. The van der Waals surface area contributed by atoms with E-state index in [0.29, 0.717) is 22.8 Å². The molecule has 0 saturated carbocycles. The second kappa shape index (κ2) is 9.63. The molecule has 0 amide bonds. The van der Waals surface area contributed by atoms with Gasteiger partial charge in [0, 0.05) is 73.0 Å². The average molecular weight is 513 g/mol. The fraction of sp³-hybridized carbons (Fsp3) is 0.208. The van der Waals surface area contributed by atoms with E-state index in [1.54, 1.807) is 12.4 Å². The number of fused-ring (bicyclic) bond motifs is 1. The second-order valence-corrected chi connectivity index (χ2v) is 9.77. The molecule has 1 aliphatic rings. The van der Waals surface area contributed by atoms with Crippen LogP contribution in [0.3, 0.4) is 0 Å². The van der Waals surface area contributed by atoms with Crippen molar-refractivity contribution in [1.29, 1.82) is 0 Å². The highest BCUT2D eigenvalue weighted by Crippen LogP contribution is 2.33. The number of rotatable bonds is 6. The third-order valence-electron chi connectivity index (χ3n) is 5.84. The fourth-order valence-corrected chi connectivity index (χ4v) is 5.20. The molecule has 186 valence electrons. The molecule has 4 heterocycles. The minimum atomic E-state index is -4.40. The van der Waals surface area contributed by atoms with Crippen molar-refractivity contribution in [3.05, 3.63) is 66.6 Å². The van der Waals surface area contributed by atoms with Gasteiger partial charge in [0.05, 0.1) is 7.11 Å². The van der Waals surface area contributed by atoms with Gasteiger partial charge in [0.1, 0.15) is 22.2 Å². The van der Waals surface area contributed by atoms with Crippen LogP contribution >= 0.6 is 0 Å². The number of benzene rings is 1. The summed E-state index contributed by atoms with van der Waals surface area (Å²) in [5, 5.41) is 4.18. The molecule has 0 bridgehead atoms. The normalized spacial score (nSPS) is 14.1. The SMILES string of the molecule is COc1ncc(-c2cnc3nccc(N4CCNCC4)c3c2)cc1NS(=O)(=O)c1ccc(F)cc1F. The van der Waals surface area contributed by atoms with Crippen molar-refractivity contribution >= 4 is 32.4 Å². The van der Waals surface area contributed by atoms with Crippen LogP contribution in [0.15, 0.2) is 59.9 Å². The Morgan fingerprint density at radius 3 is 2.50 bits per heavy atom. The van der Waals surface area contributed by atoms with Gasteiger partial charge in [-0.05, 0) is 30.3 Å². The topological polar surface area (TPSA) is 109 Å². The van der Waals surface area contributed by atoms with E-state index in [1.807, 2.05) is 12.1 Å². The van der Waals surface area contributed by atoms with Crippen molar-refractivity contribution in [3.63, 3.8) is 0 Å². The first-order chi connectivity index (χ1) is 17.4. The van der Waals surface area contributed by atoms with Gasteiger partial charge in [-0.1, -0.05) is 0 Å². The number of anilines is 2. The number of nitrogens with zero attached hydrogens (tertiary/aromatic N) is 4. The average Bonchev–Trinajstić information content (AvgIpc) is 2.88. The van der Waals surface area contributed by atoms with E-state index in [1.165, 1.54) is 19.4 Å². The van der Waals surface area contributed by atoms with Gasteiger partial charge in [0.25, 0.3) is 10.0 Å². The monoisotopic (exact) mass is 512 g/mol. The van der Waals surface area contributed by atoms with Crippen LogP contribution in [0.5, 0.6) is 5.88 Å². The lowest BCUT2D eigenvalue weighted by atomic mass is 10.1. The van der Waals surface area contributed by atoms with E-state index in [4.69, 9.17) is 4.74 Å². The highest BCUT2D eigenvalue weighted by molar-refractivity contribution is 7.92. The highest BCUT2D eigenvalue weighted by Gasteiger charge is 2.22. The lowest BCUT2D eigenvalue weighted by molar-refractivity contribution is 0.400. The molecule has 0 spiro atoms. The molecule has 1 saturated heterocycles. The Labute approximate surface area is 206 Å². The molecule has 5 rings (SSSR count). The summed E-state index contributed by atoms with van der Waals surface area (Å²) >= 11 is 0. The predicted molar refractivity (Wildman–Crippen MR) is 132 cm³/mol. The predicted octanol–water partition coefficient (Wildman–Crippen LogP) is 3.19. The van der Waals surface area contributed by atoms with Gasteiger partial charge in [-0.15, -0.1) is 0 Å². The number of hydrogen-bond acceptors (Lipinski definition) is 8. The van der Waals surface area contributed by atoms with Crippen LogP contribution in [0.4, 0.5) is 20.2 Å². The zero-order valence-electron chi connectivity index (χ0n) is 19.2. The fourth-order valence-electron chi connectivity index (χ4n) is 4.10. The number of aromatic nitrogens is 3. The van der Waals surface area contributed by atoms with Gasteiger partial charge < -0.3 is 15.0 Å². The first kappa shape index (κ1) is 23.8. The Bertz CT molecular complexity index is 1540. The van der Waals surface area contributed by atoms with Crippen LogP contribution in [-0.4, -0.2) is 56.7 Å². The Morgan fingerprint density at radius 1 is 1.00 bits per heavy atom. The summed E-state index contributed by atoms with van der Waals surface area (Å²) in [5.41, 5.74) is 2.81. The summed E-state index contributed by atoms with van der Waals surface area (Å²) in [6.45, 7) is 3.44. The Hall–Kier alpha value is -3.90. The van der Waals surface area contributed by atoms with Gasteiger partial charge in [-0.2, -0.15) is 0 Å². The van der Waals surface area contributed by atoms with Crippen LogP contribution in [0.25, 0.3) is 22.2 Å². The zero-order chi connectivity index (χ0) is 25.3. The van der Waals surface area contributed by atoms with Crippen molar-refractivity contribution in [2.75, 3.05) is 42.9 Å². The number of hydrogen-bond donors (Lipinski definition) is 2. The largest absolute Gasteiger partial charge is 0.480 e. The molecule has 0 unspecified atom stereocenters. The molecular weight excluding hydrogens is 490 g/mol. The number of sulfonamides is 1. The zero-order valence-corrected chi connectivity index (χ0v) is 20.0. The van der Waals surface area contributed by atoms with Gasteiger partial charge in [-0.25, -0.2) is 32.2 Å². The molecule has 1 aliphatic heterocycles. The molecule has 4 aromatic rings. The van der Waals surface area contributed by atoms with Gasteiger partial charge >= 0.3 is 0 Å². The van der Waals surface area contributed by atoms with E-state index in [2.05, 4.69) is 29.9 Å². The number of ether oxygens (including phenoxy) is 1. The maximum absolute atomic E-state index is 14.2. The summed E-state index contributed by atoms with van der Waals surface area (Å²) < 4.78 is 60.7. The Kier molecular flexibility index (Phi) is 6.37. The van der Waals surface area contributed by atoms with E-state index < -0.39 is 26.6 Å². The first-order valence-electron chi connectivity index (χ1n) is 11.1. The van der Waals surface area contributed by atoms with E-state index in [0.717, 1.165) is 49.4 Å². The number of nitrogens with one attached hydrogen (secondary N) is 2. The van der Waals surface area contributed by atoms with E-state index in [-0.39, 0.29) is 11.6 Å². The summed E-state index contributed by atoms with van der Waals surface area (Å²) in [5.74, 6) is -2.11. The molecule has 1 aromatic carbocycles. The van der Waals surface area contributed by atoms with Crippen molar-refractivity contribution in [3.8, 4) is 17.0 Å². The maximum atomic E-state index is 14.2. The molecule has 9 nitrogen and oxygen atoms in total. The lowest BCUT2D eigenvalue weighted by Crippen LogP contribution is -2.43. The maximum Gasteiger partial charge on any atom is 0.264 e. The molecule has 36 heavy (non-hydrogen) atoms. The summed E-state index contributed by atoms with van der Waals surface area (Å²) in [6.07, 6.45) is 4.87. The standard InChI is InChI=1S/C24H22F2N6O3S/c1-35-24-20(31-36(33,34)22-3-2-17(25)12-19(22)26)11-16(14-30-24)15-10-18-21(32-8-6-27-7-9-32)4-5-28-23(18)29-13-15/h2-5,10-14,27,31H,6-9H2,1H3. The van der Waals surface area contributed by atoms with Crippen LogP contribution in [0.2, 0.25) is 0 Å². The molecule has 0 aliphatic carbocycles. The smallest absolute Gasteiger partial charge is 0.264 e. The van der Waals surface area contributed by atoms with Gasteiger partial charge in [-0.3, -0.25) is 4.72 Å². The van der Waals surface area contributed by atoms with Gasteiger partial charge in [0.2, 0.25) is 5.88 Å². The Morgan fingerprint density at radius 2 is 1.75 bits per heavy atom. The molecular formula is C24H22F2N6O3S. The molecule has 0 radical (unpaired) electrons. The van der Waals surface area contributed by atoms with Crippen molar-refractivity contribution < 1.29 is 21.9 Å². The minimum absolute atomic E-state index is 0.00710. The third-order valence-corrected chi connectivity index (χ3v) is 7.23. The van der Waals surface area contributed by atoms with Crippen LogP contribution < -0.4 is 19.7 Å². The van der Waals surface area contributed by atoms with Crippen molar-refractivity contribution in [2.24, 2.45) is 0 Å². The van der Waals surface area contributed by atoms with E-state index in [9.17, 15) is 17.2 Å². The van der Waals surface area contributed by atoms with Crippen LogP contribution in [-0.2, 0) is 10.0 Å². The quantitative estimate of drug-likeness (QED) is 0.406. The van der Waals surface area contributed by atoms with Gasteiger partial charge in [0.15, 0.2) is 5.65 Å². The molecule has 12 heteroatoms. The Balaban J connectivity index is 1.54. The van der Waals surface area contributed by atoms with Crippen molar-refractivity contribution in [2.45, 2.75) is 4.90 Å². The first-order valence-corrected chi connectivity index (χ1v) is 12.6. The lowest BCUT2D eigenvalue weighted by Gasteiger charge is -2.30. The van der Waals surface area contributed by atoms with Crippen LogP contribution in [0, 0.1) is 11.6 Å². The molecule has 3 aromatic heterocycles.